The van der Waals surface area contributed by atoms with Crippen LogP contribution < -0.4 is 10.2 Å². The number of hydrogen-bond acceptors (Lipinski definition) is 3. The van der Waals surface area contributed by atoms with Gasteiger partial charge in [0.1, 0.15) is 6.04 Å². The molecule has 24 heavy (non-hydrogen) atoms. The summed E-state index contributed by atoms with van der Waals surface area (Å²) in [5, 5.41) is 5.07. The van der Waals surface area contributed by atoms with E-state index >= 15 is 0 Å². The van der Waals surface area contributed by atoms with Crippen LogP contribution >= 0.6 is 0 Å². The standard InChI is InChI=1S/C20H16N2O2/c23-19-13-17(21-15-9-2-1-3-10-15)20(24)22(19)18-12-6-8-14-7-4-5-11-16(14)18/h1-12,17,21H,13H2/t17-/m0/s1. The monoisotopic (exact) mass is 316 g/mol. The molecule has 0 aliphatic carbocycles. The molecule has 3 aromatic rings. The topological polar surface area (TPSA) is 49.4 Å². The summed E-state index contributed by atoms with van der Waals surface area (Å²) >= 11 is 0. The number of fused-ring (bicyclic) bond motifs is 1. The van der Waals surface area contributed by atoms with Crippen molar-refractivity contribution >= 4 is 34.0 Å². The molecule has 1 heterocycles. The Balaban J connectivity index is 1.68. The van der Waals surface area contributed by atoms with E-state index in [1.807, 2.05) is 72.8 Å². The number of rotatable bonds is 3. The molecule has 4 nitrogen and oxygen atoms in total. The summed E-state index contributed by atoms with van der Waals surface area (Å²) in [6, 6.07) is 22.4. The predicted molar refractivity (Wildman–Crippen MR) is 94.9 cm³/mol. The van der Waals surface area contributed by atoms with Gasteiger partial charge in [0.15, 0.2) is 0 Å². The molecule has 1 fully saturated rings. The van der Waals surface area contributed by atoms with Crippen LogP contribution in [0.25, 0.3) is 10.8 Å². The molecule has 4 heteroatoms. The lowest BCUT2D eigenvalue weighted by Gasteiger charge is -2.18. The van der Waals surface area contributed by atoms with Gasteiger partial charge >= 0.3 is 0 Å². The Labute approximate surface area is 139 Å². The molecule has 1 saturated heterocycles. The Hall–Kier alpha value is -3.14. The fourth-order valence-electron chi connectivity index (χ4n) is 3.14. The van der Waals surface area contributed by atoms with Gasteiger partial charge in [-0.25, -0.2) is 4.90 Å². The van der Waals surface area contributed by atoms with Crippen molar-refractivity contribution in [3.8, 4) is 0 Å². The number of nitrogens with one attached hydrogen (secondary N) is 1. The van der Waals surface area contributed by atoms with Gasteiger partial charge in [-0.1, -0.05) is 54.6 Å². The fourth-order valence-corrected chi connectivity index (χ4v) is 3.14. The molecule has 1 aliphatic heterocycles. The Bertz CT molecular complexity index is 916. The number of benzene rings is 3. The van der Waals surface area contributed by atoms with Gasteiger partial charge in [-0.2, -0.15) is 0 Å². The second-order valence-electron chi connectivity index (χ2n) is 5.83. The summed E-state index contributed by atoms with van der Waals surface area (Å²) in [6.07, 6.45) is 0.164. The first-order valence-electron chi connectivity index (χ1n) is 7.90. The highest BCUT2D eigenvalue weighted by Gasteiger charge is 2.40. The molecule has 2 amide bonds. The van der Waals surface area contributed by atoms with Gasteiger partial charge in [-0.15, -0.1) is 0 Å². The SMILES string of the molecule is O=C1C[C@H](Nc2ccccc2)C(=O)N1c1cccc2ccccc12. The van der Waals surface area contributed by atoms with Crippen molar-refractivity contribution in [3.05, 3.63) is 72.8 Å². The molecule has 4 rings (SSSR count). The number of nitrogens with zero attached hydrogens (tertiary/aromatic N) is 1. The molecule has 0 unspecified atom stereocenters. The highest BCUT2D eigenvalue weighted by Crippen LogP contribution is 2.31. The molecule has 0 aromatic heterocycles. The van der Waals surface area contributed by atoms with Crippen LogP contribution in [0.4, 0.5) is 11.4 Å². The van der Waals surface area contributed by atoms with Gasteiger partial charge in [-0.05, 0) is 23.6 Å². The molecule has 0 bridgehead atoms. The lowest BCUT2D eigenvalue weighted by Crippen LogP contribution is -2.34. The number of para-hydroxylation sites is 1. The smallest absolute Gasteiger partial charge is 0.256 e. The fraction of sp³-hybridized carbons (Fsp3) is 0.100. The summed E-state index contributed by atoms with van der Waals surface area (Å²) < 4.78 is 0. The lowest BCUT2D eigenvalue weighted by molar-refractivity contribution is -0.121. The van der Waals surface area contributed by atoms with Gasteiger partial charge in [0.2, 0.25) is 5.91 Å². The maximum Gasteiger partial charge on any atom is 0.256 e. The molecular formula is C20H16N2O2. The third-order valence-corrected chi connectivity index (χ3v) is 4.27. The first-order chi connectivity index (χ1) is 11.7. The average molecular weight is 316 g/mol. The van der Waals surface area contributed by atoms with Gasteiger partial charge in [0.05, 0.1) is 12.1 Å². The molecule has 1 atom stereocenters. The predicted octanol–water partition coefficient (Wildman–Crippen LogP) is 3.58. The number of hydrogen-bond donors (Lipinski definition) is 1. The van der Waals surface area contributed by atoms with Gasteiger partial charge in [-0.3, -0.25) is 9.59 Å². The average Bonchev–Trinajstić information content (AvgIpc) is 2.89. The zero-order valence-corrected chi connectivity index (χ0v) is 13.0. The van der Waals surface area contributed by atoms with E-state index in [0.29, 0.717) is 5.69 Å². The Morgan fingerprint density at radius 1 is 0.833 bits per heavy atom. The first-order valence-corrected chi connectivity index (χ1v) is 7.90. The summed E-state index contributed by atoms with van der Waals surface area (Å²) in [4.78, 5) is 26.6. The minimum Gasteiger partial charge on any atom is -0.373 e. The van der Waals surface area contributed by atoms with Crippen molar-refractivity contribution in [1.29, 1.82) is 0 Å². The molecule has 3 aromatic carbocycles. The first kappa shape index (κ1) is 14.5. The van der Waals surface area contributed by atoms with Crippen LogP contribution in [0.15, 0.2) is 72.8 Å². The van der Waals surface area contributed by atoms with Gasteiger partial charge in [0, 0.05) is 11.1 Å². The van der Waals surface area contributed by atoms with E-state index in [-0.39, 0.29) is 18.2 Å². The largest absolute Gasteiger partial charge is 0.373 e. The normalized spacial score (nSPS) is 17.5. The maximum atomic E-state index is 12.8. The van der Waals surface area contributed by atoms with Crippen molar-refractivity contribution < 1.29 is 9.59 Å². The van der Waals surface area contributed by atoms with Gasteiger partial charge < -0.3 is 5.32 Å². The van der Waals surface area contributed by atoms with E-state index in [9.17, 15) is 9.59 Å². The van der Waals surface area contributed by atoms with E-state index in [0.717, 1.165) is 16.5 Å². The molecule has 0 radical (unpaired) electrons. The van der Waals surface area contributed by atoms with E-state index in [1.165, 1.54) is 4.90 Å². The highest BCUT2D eigenvalue weighted by atomic mass is 16.2. The zero-order chi connectivity index (χ0) is 16.5. The van der Waals surface area contributed by atoms with Crippen LogP contribution in [0.1, 0.15) is 6.42 Å². The third-order valence-electron chi connectivity index (χ3n) is 4.27. The highest BCUT2D eigenvalue weighted by molar-refractivity contribution is 6.25. The molecule has 118 valence electrons. The van der Waals surface area contributed by atoms with E-state index in [2.05, 4.69) is 5.32 Å². The van der Waals surface area contributed by atoms with Crippen molar-refractivity contribution in [2.45, 2.75) is 12.5 Å². The number of carbonyl (C=O) groups excluding carboxylic acids is 2. The van der Waals surface area contributed by atoms with Crippen LogP contribution in [-0.4, -0.2) is 17.9 Å². The van der Waals surface area contributed by atoms with Crippen LogP contribution in [0.2, 0.25) is 0 Å². The lowest BCUT2D eigenvalue weighted by atomic mass is 10.1. The van der Waals surface area contributed by atoms with E-state index < -0.39 is 6.04 Å². The van der Waals surface area contributed by atoms with Crippen LogP contribution in [0.3, 0.4) is 0 Å². The number of imide groups is 1. The van der Waals surface area contributed by atoms with Crippen molar-refractivity contribution in [1.82, 2.24) is 0 Å². The molecule has 0 saturated carbocycles. The molecule has 1 N–H and O–H groups in total. The molecule has 0 spiro atoms. The number of amides is 2. The Kier molecular flexibility index (Phi) is 3.50. The minimum absolute atomic E-state index is 0.164. The quantitative estimate of drug-likeness (QED) is 0.751. The zero-order valence-electron chi connectivity index (χ0n) is 13.0. The summed E-state index contributed by atoms with van der Waals surface area (Å²) in [5.74, 6) is -0.384. The second kappa shape index (κ2) is 5.81. The Morgan fingerprint density at radius 3 is 2.38 bits per heavy atom. The van der Waals surface area contributed by atoms with Gasteiger partial charge in [0.25, 0.3) is 5.91 Å². The number of carbonyl (C=O) groups is 2. The van der Waals surface area contributed by atoms with Crippen LogP contribution in [0, 0.1) is 0 Å². The van der Waals surface area contributed by atoms with Crippen molar-refractivity contribution in [2.24, 2.45) is 0 Å². The summed E-state index contributed by atoms with van der Waals surface area (Å²) in [5.41, 5.74) is 1.49. The van der Waals surface area contributed by atoms with E-state index in [1.54, 1.807) is 0 Å². The van der Waals surface area contributed by atoms with Crippen molar-refractivity contribution in [3.63, 3.8) is 0 Å². The maximum absolute atomic E-state index is 12.8. The van der Waals surface area contributed by atoms with E-state index in [4.69, 9.17) is 0 Å². The summed E-state index contributed by atoms with van der Waals surface area (Å²) in [6.45, 7) is 0. The molecular weight excluding hydrogens is 300 g/mol. The van der Waals surface area contributed by atoms with Crippen LogP contribution in [-0.2, 0) is 9.59 Å². The minimum atomic E-state index is -0.529. The van der Waals surface area contributed by atoms with Crippen molar-refractivity contribution in [2.75, 3.05) is 10.2 Å². The second-order valence-corrected chi connectivity index (χ2v) is 5.83. The number of anilines is 2. The van der Waals surface area contributed by atoms with Crippen LogP contribution in [0.5, 0.6) is 0 Å². The summed E-state index contributed by atoms with van der Waals surface area (Å²) in [7, 11) is 0. The third kappa shape index (κ3) is 2.42. The molecule has 1 aliphatic rings. The Morgan fingerprint density at radius 2 is 1.54 bits per heavy atom.